The van der Waals surface area contributed by atoms with Crippen molar-refractivity contribution < 1.29 is 13.9 Å². The molecule has 1 heterocycles. The highest BCUT2D eigenvalue weighted by atomic mass is 19.1. The maximum Gasteiger partial charge on any atom is 0.234 e. The van der Waals surface area contributed by atoms with Crippen molar-refractivity contribution in [2.45, 2.75) is 6.42 Å². The number of amides is 1. The minimum absolute atomic E-state index is 0.00380. The molecule has 24 heavy (non-hydrogen) atoms. The van der Waals surface area contributed by atoms with Gasteiger partial charge in [-0.3, -0.25) is 9.69 Å². The van der Waals surface area contributed by atoms with Crippen LogP contribution in [0.4, 0.5) is 10.1 Å². The number of hydrogen-bond acceptors (Lipinski definition) is 5. The highest BCUT2D eigenvalue weighted by Gasteiger charge is 2.21. The predicted molar refractivity (Wildman–Crippen MR) is 89.3 cm³/mol. The third kappa shape index (κ3) is 5.18. The molecule has 1 aliphatic heterocycles. The number of piperazine rings is 1. The van der Waals surface area contributed by atoms with E-state index in [2.05, 4.69) is 10.2 Å². The third-order valence-corrected chi connectivity index (χ3v) is 4.00. The second kappa shape index (κ2) is 9.21. The number of rotatable bonds is 7. The molecule has 1 aliphatic rings. The predicted octanol–water partition coefficient (Wildman–Crippen LogP) is 0.972. The van der Waals surface area contributed by atoms with Gasteiger partial charge in [0, 0.05) is 46.4 Å². The van der Waals surface area contributed by atoms with Crippen molar-refractivity contribution in [2.75, 3.05) is 57.9 Å². The van der Waals surface area contributed by atoms with Gasteiger partial charge in [-0.1, -0.05) is 0 Å². The molecular weight excluding hydrogens is 311 g/mol. The quantitative estimate of drug-likeness (QED) is 0.753. The van der Waals surface area contributed by atoms with Crippen molar-refractivity contribution >= 4 is 11.6 Å². The van der Waals surface area contributed by atoms with E-state index >= 15 is 0 Å². The van der Waals surface area contributed by atoms with Crippen LogP contribution in [0.5, 0.6) is 0 Å². The monoisotopic (exact) mass is 334 g/mol. The van der Waals surface area contributed by atoms with E-state index in [0.29, 0.717) is 57.1 Å². The molecule has 1 amide bonds. The second-order valence-corrected chi connectivity index (χ2v) is 5.74. The Morgan fingerprint density at radius 1 is 1.38 bits per heavy atom. The van der Waals surface area contributed by atoms with Gasteiger partial charge < -0.3 is 15.0 Å². The Morgan fingerprint density at radius 2 is 2.12 bits per heavy atom. The number of nitrogens with zero attached hydrogens (tertiary/aromatic N) is 3. The number of carbonyl (C=O) groups excluding carboxylic acids is 1. The molecule has 0 radical (unpaired) electrons. The lowest BCUT2D eigenvalue weighted by Gasteiger charge is -2.35. The van der Waals surface area contributed by atoms with E-state index in [1.54, 1.807) is 19.2 Å². The summed E-state index contributed by atoms with van der Waals surface area (Å²) in [5.41, 5.74) is 0.831. The summed E-state index contributed by atoms with van der Waals surface area (Å²) >= 11 is 0. The van der Waals surface area contributed by atoms with Crippen LogP contribution in [0.3, 0.4) is 0 Å². The molecule has 7 heteroatoms. The van der Waals surface area contributed by atoms with Gasteiger partial charge in [0.25, 0.3) is 0 Å². The molecule has 0 aliphatic carbocycles. The molecule has 2 rings (SSSR count). The fourth-order valence-electron chi connectivity index (χ4n) is 2.68. The number of ether oxygens (including phenoxy) is 1. The maximum atomic E-state index is 14.1. The molecule has 6 nitrogen and oxygen atoms in total. The van der Waals surface area contributed by atoms with E-state index in [1.165, 1.54) is 6.07 Å². The summed E-state index contributed by atoms with van der Waals surface area (Å²) in [6.45, 7) is 4.31. The van der Waals surface area contributed by atoms with Crippen molar-refractivity contribution in [1.29, 1.82) is 5.26 Å². The van der Waals surface area contributed by atoms with Gasteiger partial charge in [0.1, 0.15) is 5.82 Å². The number of nitriles is 1. The fraction of sp³-hybridized carbons (Fsp3) is 0.529. The van der Waals surface area contributed by atoms with Crippen LogP contribution in [0.25, 0.3) is 0 Å². The molecule has 0 aromatic heterocycles. The van der Waals surface area contributed by atoms with Crippen molar-refractivity contribution in [1.82, 2.24) is 10.2 Å². The van der Waals surface area contributed by atoms with Crippen molar-refractivity contribution in [3.05, 3.63) is 29.6 Å². The Hall–Kier alpha value is -2.17. The van der Waals surface area contributed by atoms with E-state index in [0.717, 1.165) is 6.42 Å². The number of halogens is 1. The number of anilines is 1. The highest BCUT2D eigenvalue weighted by Crippen LogP contribution is 2.21. The molecule has 130 valence electrons. The molecule has 1 aromatic rings. The normalized spacial score (nSPS) is 15.1. The zero-order valence-corrected chi connectivity index (χ0v) is 13.9. The lowest BCUT2D eigenvalue weighted by atomic mass is 10.2. The van der Waals surface area contributed by atoms with Gasteiger partial charge in [-0.05, 0) is 24.6 Å². The van der Waals surface area contributed by atoms with Crippen LogP contribution in [0, 0.1) is 17.1 Å². The summed E-state index contributed by atoms with van der Waals surface area (Å²) in [6.07, 6.45) is 0.800. The van der Waals surface area contributed by atoms with E-state index in [9.17, 15) is 9.18 Å². The van der Waals surface area contributed by atoms with Gasteiger partial charge in [0.05, 0.1) is 23.9 Å². The molecule has 1 fully saturated rings. The first-order chi connectivity index (χ1) is 11.6. The minimum atomic E-state index is -0.376. The second-order valence-electron chi connectivity index (χ2n) is 5.74. The van der Waals surface area contributed by atoms with Gasteiger partial charge >= 0.3 is 0 Å². The Balaban J connectivity index is 1.77. The molecule has 1 N–H and O–H groups in total. The number of carbonyl (C=O) groups is 1. The first kappa shape index (κ1) is 18.2. The van der Waals surface area contributed by atoms with Gasteiger partial charge in [-0.2, -0.15) is 5.26 Å². The summed E-state index contributed by atoms with van der Waals surface area (Å²) in [4.78, 5) is 15.9. The number of nitrogens with one attached hydrogen (secondary N) is 1. The fourth-order valence-corrected chi connectivity index (χ4v) is 2.68. The average molecular weight is 334 g/mol. The molecule has 1 saturated heterocycles. The molecule has 1 aromatic carbocycles. The summed E-state index contributed by atoms with van der Waals surface area (Å²) in [5, 5.41) is 11.7. The van der Waals surface area contributed by atoms with E-state index < -0.39 is 0 Å². The van der Waals surface area contributed by atoms with Crippen LogP contribution in [0.2, 0.25) is 0 Å². The van der Waals surface area contributed by atoms with E-state index in [-0.39, 0.29) is 11.7 Å². The summed E-state index contributed by atoms with van der Waals surface area (Å²) in [6, 6.07) is 6.46. The molecule has 0 saturated carbocycles. The minimum Gasteiger partial charge on any atom is -0.385 e. The smallest absolute Gasteiger partial charge is 0.234 e. The highest BCUT2D eigenvalue weighted by molar-refractivity contribution is 5.78. The SMILES string of the molecule is COCCCNC(=O)CN1CCN(c2ccc(C#N)cc2F)CC1. The number of hydrogen-bond donors (Lipinski definition) is 1. The Morgan fingerprint density at radius 3 is 2.75 bits per heavy atom. The number of benzene rings is 1. The maximum absolute atomic E-state index is 14.1. The summed E-state index contributed by atoms with van der Waals surface area (Å²) in [7, 11) is 1.64. The van der Waals surface area contributed by atoms with Crippen molar-refractivity contribution in [2.24, 2.45) is 0 Å². The van der Waals surface area contributed by atoms with Crippen LogP contribution in [-0.2, 0) is 9.53 Å². The summed E-state index contributed by atoms with van der Waals surface area (Å²) < 4.78 is 19.0. The van der Waals surface area contributed by atoms with Crippen LogP contribution in [0.1, 0.15) is 12.0 Å². The molecule has 0 atom stereocenters. The number of methoxy groups -OCH3 is 1. The topological polar surface area (TPSA) is 68.6 Å². The van der Waals surface area contributed by atoms with Crippen LogP contribution in [-0.4, -0.2) is 63.8 Å². The van der Waals surface area contributed by atoms with Gasteiger partial charge in [-0.15, -0.1) is 0 Å². The molecule has 0 bridgehead atoms. The van der Waals surface area contributed by atoms with Crippen LogP contribution < -0.4 is 10.2 Å². The van der Waals surface area contributed by atoms with Crippen LogP contribution >= 0.6 is 0 Å². The van der Waals surface area contributed by atoms with Gasteiger partial charge in [0.15, 0.2) is 0 Å². The first-order valence-corrected chi connectivity index (χ1v) is 8.06. The first-order valence-electron chi connectivity index (χ1n) is 8.06. The average Bonchev–Trinajstić information content (AvgIpc) is 2.59. The molecule has 0 unspecified atom stereocenters. The largest absolute Gasteiger partial charge is 0.385 e. The van der Waals surface area contributed by atoms with E-state index in [1.807, 2.05) is 11.0 Å². The van der Waals surface area contributed by atoms with Crippen molar-refractivity contribution in [3.63, 3.8) is 0 Å². The molecule has 0 spiro atoms. The summed E-state index contributed by atoms with van der Waals surface area (Å²) in [5.74, 6) is -0.373. The van der Waals surface area contributed by atoms with Gasteiger partial charge in [-0.25, -0.2) is 4.39 Å². The van der Waals surface area contributed by atoms with Gasteiger partial charge in [0.2, 0.25) is 5.91 Å². The molecular formula is C17H23FN4O2. The standard InChI is InChI=1S/C17H23FN4O2/c1-24-10-2-5-20-17(23)13-21-6-8-22(9-7-21)16-4-3-14(12-19)11-15(16)18/h3-4,11H,2,5-10,13H2,1H3,(H,20,23). The third-order valence-electron chi connectivity index (χ3n) is 4.00. The van der Waals surface area contributed by atoms with Crippen molar-refractivity contribution in [3.8, 4) is 6.07 Å². The van der Waals surface area contributed by atoms with Crippen LogP contribution in [0.15, 0.2) is 18.2 Å². The zero-order valence-electron chi connectivity index (χ0n) is 13.9. The Kier molecular flexibility index (Phi) is 6.97. The van der Waals surface area contributed by atoms with E-state index in [4.69, 9.17) is 10.00 Å². The Bertz CT molecular complexity index is 595. The lowest BCUT2D eigenvalue weighted by Crippen LogP contribution is -2.49. The lowest BCUT2D eigenvalue weighted by molar-refractivity contribution is -0.122. The Labute approximate surface area is 141 Å². The zero-order chi connectivity index (χ0) is 17.4.